The number of H-pyrrole nitrogens is 1. The van der Waals surface area contributed by atoms with Crippen molar-refractivity contribution in [3.63, 3.8) is 0 Å². The fourth-order valence-corrected chi connectivity index (χ4v) is 2.92. The number of halogens is 3. The van der Waals surface area contributed by atoms with Gasteiger partial charge < -0.3 is 4.74 Å². The van der Waals surface area contributed by atoms with Crippen LogP contribution in [-0.2, 0) is 6.54 Å². The minimum atomic E-state index is -0.776. The molecule has 28 heavy (non-hydrogen) atoms. The number of aryl methyl sites for hydroxylation is 1. The summed E-state index contributed by atoms with van der Waals surface area (Å²) < 4.78 is 21.7. The maximum atomic E-state index is 15.0. The molecule has 0 bridgehead atoms. The summed E-state index contributed by atoms with van der Waals surface area (Å²) in [6.07, 6.45) is 1.34. The van der Waals surface area contributed by atoms with E-state index in [0.717, 1.165) is 0 Å². The summed E-state index contributed by atoms with van der Waals surface area (Å²) in [6.45, 7) is 1.39. The minimum Gasteiger partial charge on any atom is -0.453 e. The van der Waals surface area contributed by atoms with Gasteiger partial charge in [-0.2, -0.15) is 5.26 Å². The molecule has 0 amide bonds. The number of aromatic amines is 1. The third kappa shape index (κ3) is 4.09. The van der Waals surface area contributed by atoms with Crippen LogP contribution in [0.3, 0.4) is 0 Å². The molecule has 0 saturated carbocycles. The molecule has 0 spiro atoms. The molecule has 0 aliphatic carbocycles. The Balaban J connectivity index is 2.00. The third-order valence-electron chi connectivity index (χ3n) is 3.88. The van der Waals surface area contributed by atoms with Crippen LogP contribution in [-0.4, -0.2) is 9.55 Å². The molecule has 3 rings (SSSR count). The highest BCUT2D eigenvalue weighted by Crippen LogP contribution is 2.35. The quantitative estimate of drug-likeness (QED) is 0.691. The van der Waals surface area contributed by atoms with Gasteiger partial charge in [0.15, 0.2) is 11.6 Å². The van der Waals surface area contributed by atoms with Crippen LogP contribution in [0, 0.1) is 24.1 Å². The number of benzene rings is 2. The van der Waals surface area contributed by atoms with Crippen molar-refractivity contribution in [1.82, 2.24) is 9.55 Å². The average Bonchev–Trinajstić information content (AvgIpc) is 2.64. The van der Waals surface area contributed by atoms with Gasteiger partial charge in [0.1, 0.15) is 5.75 Å². The van der Waals surface area contributed by atoms with Gasteiger partial charge in [-0.25, -0.2) is 9.18 Å². The van der Waals surface area contributed by atoms with Gasteiger partial charge in [0.2, 0.25) is 0 Å². The van der Waals surface area contributed by atoms with Crippen molar-refractivity contribution < 1.29 is 9.13 Å². The molecule has 9 heteroatoms. The van der Waals surface area contributed by atoms with Crippen LogP contribution in [0.2, 0.25) is 10.0 Å². The molecule has 0 fully saturated rings. The summed E-state index contributed by atoms with van der Waals surface area (Å²) in [5, 5.41) is 9.27. The molecule has 3 aromatic rings. The number of nitrogens with zero attached hydrogens (tertiary/aromatic N) is 2. The highest BCUT2D eigenvalue weighted by molar-refractivity contribution is 6.32. The first-order valence-electron chi connectivity index (χ1n) is 7.94. The van der Waals surface area contributed by atoms with Crippen molar-refractivity contribution in [3.05, 3.63) is 89.9 Å². The molecule has 2 aromatic carbocycles. The summed E-state index contributed by atoms with van der Waals surface area (Å²) in [4.78, 5) is 25.6. The molecule has 1 heterocycles. The fraction of sp³-hybridized carbons (Fsp3) is 0.105. The molecule has 1 aromatic heterocycles. The second kappa shape index (κ2) is 7.89. The lowest BCUT2D eigenvalue weighted by atomic mass is 10.2. The second-order valence-electron chi connectivity index (χ2n) is 5.94. The SMILES string of the molecule is Cc1cn(Cc2ccc(Cl)c(Oc3cc(Cl)cc(C#N)c3)c2F)c(=O)[nH]c1=O. The van der Waals surface area contributed by atoms with Crippen molar-refractivity contribution in [3.8, 4) is 17.6 Å². The van der Waals surface area contributed by atoms with Crippen molar-refractivity contribution in [2.24, 2.45) is 0 Å². The Hall–Kier alpha value is -3.08. The molecule has 0 radical (unpaired) electrons. The molecule has 0 unspecified atom stereocenters. The maximum absolute atomic E-state index is 15.0. The van der Waals surface area contributed by atoms with E-state index in [9.17, 15) is 9.59 Å². The molecule has 142 valence electrons. The van der Waals surface area contributed by atoms with E-state index in [1.807, 2.05) is 6.07 Å². The van der Waals surface area contributed by atoms with E-state index in [1.54, 1.807) is 0 Å². The summed E-state index contributed by atoms with van der Waals surface area (Å²) in [6, 6.07) is 9.01. The number of hydrogen-bond donors (Lipinski definition) is 1. The first kappa shape index (κ1) is 19.7. The Bertz CT molecular complexity index is 1230. The van der Waals surface area contributed by atoms with Crippen molar-refractivity contribution in [2.45, 2.75) is 13.5 Å². The van der Waals surface area contributed by atoms with Crippen molar-refractivity contribution in [1.29, 1.82) is 5.26 Å². The van der Waals surface area contributed by atoms with Crippen LogP contribution in [0.1, 0.15) is 16.7 Å². The zero-order valence-corrected chi connectivity index (χ0v) is 15.9. The molecule has 1 N–H and O–H groups in total. The lowest BCUT2D eigenvalue weighted by Crippen LogP contribution is -2.31. The van der Waals surface area contributed by atoms with E-state index in [2.05, 4.69) is 4.98 Å². The number of hydrogen-bond acceptors (Lipinski definition) is 4. The van der Waals surface area contributed by atoms with E-state index >= 15 is 4.39 Å². The van der Waals surface area contributed by atoms with E-state index in [-0.39, 0.29) is 39.2 Å². The first-order chi connectivity index (χ1) is 13.3. The van der Waals surface area contributed by atoms with Gasteiger partial charge >= 0.3 is 5.69 Å². The van der Waals surface area contributed by atoms with Crippen LogP contribution >= 0.6 is 23.2 Å². The lowest BCUT2D eigenvalue weighted by Gasteiger charge is -2.13. The van der Waals surface area contributed by atoms with Crippen LogP contribution in [0.4, 0.5) is 4.39 Å². The normalized spacial score (nSPS) is 10.5. The molecule has 6 nitrogen and oxygen atoms in total. The maximum Gasteiger partial charge on any atom is 0.328 e. The number of rotatable bonds is 4. The summed E-state index contributed by atoms with van der Waals surface area (Å²) >= 11 is 12.0. The largest absolute Gasteiger partial charge is 0.453 e. The topological polar surface area (TPSA) is 87.9 Å². The number of nitriles is 1. The van der Waals surface area contributed by atoms with Crippen LogP contribution in [0.5, 0.6) is 11.5 Å². The third-order valence-corrected chi connectivity index (χ3v) is 4.39. The highest BCUT2D eigenvalue weighted by atomic mass is 35.5. The molecule has 0 saturated heterocycles. The lowest BCUT2D eigenvalue weighted by molar-refractivity contribution is 0.437. The van der Waals surface area contributed by atoms with E-state index < -0.39 is 17.1 Å². The van der Waals surface area contributed by atoms with Gasteiger partial charge in [-0.1, -0.05) is 29.3 Å². The second-order valence-corrected chi connectivity index (χ2v) is 6.78. The zero-order valence-electron chi connectivity index (χ0n) is 14.4. The van der Waals surface area contributed by atoms with Crippen molar-refractivity contribution >= 4 is 23.2 Å². The monoisotopic (exact) mass is 419 g/mol. The molecule has 0 aliphatic heterocycles. The van der Waals surface area contributed by atoms with Crippen LogP contribution < -0.4 is 16.0 Å². The Morgan fingerprint density at radius 1 is 1.25 bits per heavy atom. The van der Waals surface area contributed by atoms with E-state index in [4.69, 9.17) is 33.2 Å². The van der Waals surface area contributed by atoms with Crippen molar-refractivity contribution in [2.75, 3.05) is 0 Å². The van der Waals surface area contributed by atoms with E-state index in [0.29, 0.717) is 5.56 Å². The standard InChI is InChI=1S/C19H12Cl2FN3O3/c1-10-8-25(19(27)24-18(10)26)9-12-2-3-15(21)17(16(12)22)28-14-5-11(7-23)4-13(20)6-14/h2-6,8H,9H2,1H3,(H,24,26,27). The van der Waals surface area contributed by atoms with Gasteiger partial charge in [-0.3, -0.25) is 14.3 Å². The van der Waals surface area contributed by atoms with Gasteiger partial charge in [-0.15, -0.1) is 0 Å². The summed E-state index contributed by atoms with van der Waals surface area (Å²) in [5.41, 5.74) is -0.494. The highest BCUT2D eigenvalue weighted by Gasteiger charge is 2.16. The fourth-order valence-electron chi connectivity index (χ4n) is 2.51. The Kier molecular flexibility index (Phi) is 5.54. The summed E-state index contributed by atoms with van der Waals surface area (Å²) in [5.74, 6) is -0.902. The Labute approximate surface area is 168 Å². The number of ether oxygens (including phenoxy) is 1. The molecule has 0 aliphatic rings. The van der Waals surface area contributed by atoms with Crippen LogP contribution in [0.15, 0.2) is 46.1 Å². The smallest absolute Gasteiger partial charge is 0.328 e. The molecular weight excluding hydrogens is 408 g/mol. The summed E-state index contributed by atoms with van der Waals surface area (Å²) in [7, 11) is 0. The number of nitrogens with one attached hydrogen (secondary N) is 1. The van der Waals surface area contributed by atoms with Gasteiger partial charge in [0.05, 0.1) is 23.2 Å². The molecular formula is C19H12Cl2FN3O3. The molecule has 0 atom stereocenters. The predicted molar refractivity (Wildman–Crippen MR) is 103 cm³/mol. The Morgan fingerprint density at radius 2 is 2.00 bits per heavy atom. The minimum absolute atomic E-state index is 0.00438. The van der Waals surface area contributed by atoms with Gasteiger partial charge in [0, 0.05) is 22.3 Å². The van der Waals surface area contributed by atoms with Gasteiger partial charge in [-0.05, 0) is 31.2 Å². The zero-order chi connectivity index (χ0) is 20.4. The predicted octanol–water partition coefficient (Wildman–Crippen LogP) is 4.00. The number of aromatic nitrogens is 2. The average molecular weight is 420 g/mol. The van der Waals surface area contributed by atoms with Gasteiger partial charge in [0.25, 0.3) is 5.56 Å². The Morgan fingerprint density at radius 3 is 2.71 bits per heavy atom. The van der Waals surface area contributed by atoms with E-state index in [1.165, 1.54) is 48.0 Å². The van der Waals surface area contributed by atoms with Crippen LogP contribution in [0.25, 0.3) is 0 Å². The first-order valence-corrected chi connectivity index (χ1v) is 8.70.